The third kappa shape index (κ3) is 7.63. The normalized spacial score (nSPS) is 17.0. The molecule has 1 saturated heterocycles. The fourth-order valence-electron chi connectivity index (χ4n) is 4.65. The predicted molar refractivity (Wildman–Crippen MR) is 157 cm³/mol. The zero-order valence-corrected chi connectivity index (χ0v) is 23.9. The molecule has 1 heterocycles. The van der Waals surface area contributed by atoms with E-state index in [0.717, 1.165) is 5.56 Å². The largest absolute Gasteiger partial charge is 0.434 e. The average molecular weight is 581 g/mol. The lowest BCUT2D eigenvalue weighted by atomic mass is 10.0. The van der Waals surface area contributed by atoms with Crippen molar-refractivity contribution < 1.29 is 27.9 Å². The second-order valence-corrected chi connectivity index (χ2v) is 12.4. The summed E-state index contributed by atoms with van der Waals surface area (Å²) >= 11 is 0. The molecular formula is C30H36N4O6S. The number of carbonyl (C=O) groups excluding carboxylic acids is 2. The molecule has 3 atom stereocenters. The molecule has 11 heteroatoms. The van der Waals surface area contributed by atoms with Crippen molar-refractivity contribution in [3.63, 3.8) is 0 Å². The van der Waals surface area contributed by atoms with Crippen LogP contribution in [0.5, 0.6) is 0 Å². The number of anilines is 2. The van der Waals surface area contributed by atoms with E-state index in [1.165, 1.54) is 33.5 Å². The van der Waals surface area contributed by atoms with Gasteiger partial charge in [0.1, 0.15) is 0 Å². The number of rotatable bonds is 12. The van der Waals surface area contributed by atoms with Crippen LogP contribution in [0.25, 0.3) is 0 Å². The highest BCUT2D eigenvalue weighted by molar-refractivity contribution is 7.89. The van der Waals surface area contributed by atoms with Gasteiger partial charge in [-0.15, -0.1) is 0 Å². The molecule has 4 rings (SSSR count). The van der Waals surface area contributed by atoms with Gasteiger partial charge in [0.05, 0.1) is 23.6 Å². The number of cyclic esters (lactones) is 1. The van der Waals surface area contributed by atoms with Gasteiger partial charge >= 0.3 is 6.09 Å². The summed E-state index contributed by atoms with van der Waals surface area (Å²) < 4.78 is 33.7. The minimum absolute atomic E-state index is 0.00776. The fourth-order valence-corrected chi connectivity index (χ4v) is 6.27. The van der Waals surface area contributed by atoms with E-state index in [2.05, 4.69) is 5.32 Å². The van der Waals surface area contributed by atoms with Crippen molar-refractivity contribution in [2.45, 2.75) is 43.4 Å². The summed E-state index contributed by atoms with van der Waals surface area (Å²) in [5, 5.41) is 14.2. The zero-order valence-electron chi connectivity index (χ0n) is 23.1. The minimum Gasteiger partial charge on any atom is -0.434 e. The Morgan fingerprint density at radius 3 is 2.24 bits per heavy atom. The van der Waals surface area contributed by atoms with Crippen molar-refractivity contribution in [1.29, 1.82) is 0 Å². The fraction of sp³-hybridized carbons (Fsp3) is 0.333. The zero-order chi connectivity index (χ0) is 29.6. The maximum absolute atomic E-state index is 13.6. The van der Waals surface area contributed by atoms with Crippen molar-refractivity contribution in [2.24, 2.45) is 5.92 Å². The van der Waals surface area contributed by atoms with Crippen molar-refractivity contribution in [3.05, 3.63) is 90.5 Å². The van der Waals surface area contributed by atoms with E-state index in [9.17, 15) is 23.1 Å². The summed E-state index contributed by atoms with van der Waals surface area (Å²) in [5.41, 5.74) is 7.62. The van der Waals surface area contributed by atoms with Gasteiger partial charge in [0.2, 0.25) is 10.0 Å². The molecule has 1 aliphatic heterocycles. The summed E-state index contributed by atoms with van der Waals surface area (Å²) in [4.78, 5) is 27.3. The monoisotopic (exact) mass is 580 g/mol. The Morgan fingerprint density at radius 1 is 1.02 bits per heavy atom. The number of benzene rings is 3. The third-order valence-corrected chi connectivity index (χ3v) is 8.59. The van der Waals surface area contributed by atoms with Crippen LogP contribution in [0.15, 0.2) is 89.8 Å². The molecule has 3 aromatic carbocycles. The van der Waals surface area contributed by atoms with Crippen molar-refractivity contribution >= 4 is 33.4 Å². The Bertz CT molecular complexity index is 1420. The molecule has 41 heavy (non-hydrogen) atoms. The molecule has 2 amide bonds. The van der Waals surface area contributed by atoms with Crippen LogP contribution in [0.3, 0.4) is 0 Å². The quantitative estimate of drug-likeness (QED) is 0.280. The molecule has 1 aliphatic rings. The first-order valence-electron chi connectivity index (χ1n) is 13.5. The van der Waals surface area contributed by atoms with Gasteiger partial charge in [-0.2, -0.15) is 4.31 Å². The molecule has 218 valence electrons. The predicted octanol–water partition coefficient (Wildman–Crippen LogP) is 3.03. The first-order valence-corrected chi connectivity index (χ1v) is 14.9. The second-order valence-electron chi connectivity index (χ2n) is 10.5. The Morgan fingerprint density at radius 2 is 1.63 bits per heavy atom. The first-order chi connectivity index (χ1) is 19.5. The molecule has 0 saturated carbocycles. The van der Waals surface area contributed by atoms with E-state index < -0.39 is 40.3 Å². The molecular weight excluding hydrogens is 544 g/mol. The van der Waals surface area contributed by atoms with Crippen LogP contribution in [0.1, 0.15) is 19.4 Å². The maximum Gasteiger partial charge on any atom is 0.415 e. The number of nitrogens with two attached hydrogens (primary N) is 1. The molecule has 3 aromatic rings. The van der Waals surface area contributed by atoms with Gasteiger partial charge in [0, 0.05) is 24.5 Å². The molecule has 0 radical (unpaired) electrons. The number of aliphatic hydroxyl groups excluding tert-OH is 1. The van der Waals surface area contributed by atoms with E-state index >= 15 is 0 Å². The number of nitrogens with zero attached hydrogens (tertiary/aromatic N) is 2. The van der Waals surface area contributed by atoms with Gasteiger partial charge in [-0.3, -0.25) is 9.69 Å². The number of nitrogens with one attached hydrogen (secondary N) is 1. The molecule has 0 aromatic heterocycles. The Balaban J connectivity index is 1.54. The van der Waals surface area contributed by atoms with Crippen LogP contribution >= 0.6 is 0 Å². The van der Waals surface area contributed by atoms with E-state index in [1.807, 2.05) is 50.2 Å². The molecule has 0 aliphatic carbocycles. The molecule has 0 bridgehead atoms. The molecule has 10 nitrogen and oxygen atoms in total. The van der Waals surface area contributed by atoms with Crippen LogP contribution in [0.4, 0.5) is 16.2 Å². The molecule has 0 unspecified atom stereocenters. The topological polar surface area (TPSA) is 142 Å². The number of amides is 2. The Labute approximate surface area is 240 Å². The lowest BCUT2D eigenvalue weighted by Crippen LogP contribution is -2.53. The van der Waals surface area contributed by atoms with Gasteiger partial charge in [-0.25, -0.2) is 13.2 Å². The average Bonchev–Trinajstić information content (AvgIpc) is 3.35. The van der Waals surface area contributed by atoms with E-state index in [0.29, 0.717) is 11.4 Å². The number of aliphatic hydroxyl groups is 1. The number of ether oxygens (including phenoxy) is 1. The number of carbonyl (C=O) groups is 2. The van der Waals surface area contributed by atoms with Crippen molar-refractivity contribution in [3.8, 4) is 0 Å². The van der Waals surface area contributed by atoms with Crippen LogP contribution in [-0.2, 0) is 26.0 Å². The van der Waals surface area contributed by atoms with E-state index in [-0.39, 0.29) is 36.9 Å². The summed E-state index contributed by atoms with van der Waals surface area (Å²) in [6.07, 6.45) is -2.79. The summed E-state index contributed by atoms with van der Waals surface area (Å²) in [6, 6.07) is 23.1. The Hall–Kier alpha value is -3.93. The number of para-hydroxylation sites is 1. The highest BCUT2D eigenvalue weighted by Crippen LogP contribution is 2.23. The SMILES string of the molecule is CC(C)CN(C[C@@H](O)[C@H](Cc1ccccc1)NC(=O)[C@H]1CN(c2ccccc2)C(=O)O1)S(=O)(=O)c1ccc(N)cc1. The third-order valence-electron chi connectivity index (χ3n) is 6.74. The highest BCUT2D eigenvalue weighted by atomic mass is 32.2. The van der Waals surface area contributed by atoms with E-state index in [4.69, 9.17) is 10.5 Å². The Kier molecular flexibility index (Phi) is 9.64. The summed E-state index contributed by atoms with van der Waals surface area (Å²) in [5.74, 6) is -0.608. The van der Waals surface area contributed by atoms with Crippen LogP contribution in [0.2, 0.25) is 0 Å². The number of nitrogen functional groups attached to an aromatic ring is 1. The molecule has 0 spiro atoms. The van der Waals surface area contributed by atoms with Crippen molar-refractivity contribution in [2.75, 3.05) is 30.3 Å². The summed E-state index contributed by atoms with van der Waals surface area (Å²) in [7, 11) is -3.97. The van der Waals surface area contributed by atoms with Crippen molar-refractivity contribution in [1.82, 2.24) is 9.62 Å². The molecule has 1 fully saturated rings. The smallest absolute Gasteiger partial charge is 0.415 e. The lowest BCUT2D eigenvalue weighted by molar-refractivity contribution is -0.129. The second kappa shape index (κ2) is 13.2. The summed E-state index contributed by atoms with van der Waals surface area (Å²) in [6.45, 7) is 3.67. The standard InChI is InChI=1S/C30H36N4O6S/c1-21(2)18-33(41(38,39)25-15-13-23(31)14-16-25)19-27(35)26(17-22-9-5-3-6-10-22)32-29(36)28-20-34(30(37)40-28)24-11-7-4-8-12-24/h3-16,21,26-28,35H,17-20,31H2,1-2H3,(H,32,36)/t26-,27+,28+/m0/s1. The minimum atomic E-state index is -3.97. The molecule has 4 N–H and O–H groups in total. The van der Waals surface area contributed by atoms with Gasteiger partial charge in [-0.1, -0.05) is 62.4 Å². The van der Waals surface area contributed by atoms with Gasteiger partial charge in [0.25, 0.3) is 5.91 Å². The highest BCUT2D eigenvalue weighted by Gasteiger charge is 2.39. The number of sulfonamides is 1. The van der Waals surface area contributed by atoms with Crippen LogP contribution < -0.4 is 16.0 Å². The lowest BCUT2D eigenvalue weighted by Gasteiger charge is -2.31. The maximum atomic E-state index is 13.6. The number of hydrogen-bond donors (Lipinski definition) is 3. The van der Waals surface area contributed by atoms with Gasteiger partial charge < -0.3 is 20.9 Å². The van der Waals surface area contributed by atoms with Crippen LogP contribution in [-0.4, -0.2) is 67.7 Å². The van der Waals surface area contributed by atoms with Gasteiger partial charge in [0.15, 0.2) is 6.10 Å². The number of hydrogen-bond acceptors (Lipinski definition) is 7. The van der Waals surface area contributed by atoms with Crippen LogP contribution in [0, 0.1) is 5.92 Å². The van der Waals surface area contributed by atoms with Gasteiger partial charge in [-0.05, 0) is 54.3 Å². The van der Waals surface area contributed by atoms with E-state index in [1.54, 1.807) is 24.3 Å². The first kappa shape index (κ1) is 30.0.